The quantitative estimate of drug-likeness (QED) is 0.823. The third-order valence-electron chi connectivity index (χ3n) is 2.84. The molecule has 4 heteroatoms. The Hall–Kier alpha value is -1.00. The van der Waals surface area contributed by atoms with E-state index in [4.69, 9.17) is 0 Å². The van der Waals surface area contributed by atoms with Gasteiger partial charge in [0.05, 0.1) is 0 Å². The predicted octanol–water partition coefficient (Wildman–Crippen LogP) is 1.92. The molecule has 2 N–H and O–H groups in total. The van der Waals surface area contributed by atoms with Crippen LogP contribution in [0.15, 0.2) is 18.2 Å². The molecule has 88 valence electrons. The lowest BCUT2D eigenvalue weighted by Crippen LogP contribution is -2.37. The van der Waals surface area contributed by atoms with Gasteiger partial charge in [-0.05, 0) is 25.8 Å². The van der Waals surface area contributed by atoms with Crippen LogP contribution in [0.1, 0.15) is 25.3 Å². The summed E-state index contributed by atoms with van der Waals surface area (Å²) in [4.78, 5) is 0. The van der Waals surface area contributed by atoms with E-state index >= 15 is 0 Å². The molecule has 0 saturated heterocycles. The van der Waals surface area contributed by atoms with Gasteiger partial charge in [0.25, 0.3) is 0 Å². The zero-order valence-electron chi connectivity index (χ0n) is 9.13. The minimum absolute atomic E-state index is 0.000602. The van der Waals surface area contributed by atoms with E-state index < -0.39 is 17.2 Å². The average Bonchev–Trinajstić information content (AvgIpc) is 3.03. The summed E-state index contributed by atoms with van der Waals surface area (Å²) >= 11 is 0. The number of rotatable bonds is 4. The van der Waals surface area contributed by atoms with Crippen molar-refractivity contribution in [2.24, 2.45) is 0 Å². The highest BCUT2D eigenvalue weighted by molar-refractivity contribution is 5.25. The van der Waals surface area contributed by atoms with Gasteiger partial charge in [0.2, 0.25) is 0 Å². The van der Waals surface area contributed by atoms with Crippen molar-refractivity contribution < 1.29 is 13.9 Å². The van der Waals surface area contributed by atoms with Crippen molar-refractivity contribution in [1.82, 2.24) is 5.32 Å². The van der Waals surface area contributed by atoms with Crippen molar-refractivity contribution in [1.29, 1.82) is 0 Å². The second kappa shape index (κ2) is 4.11. The molecular formula is C12H15F2NO. The third kappa shape index (κ3) is 2.39. The monoisotopic (exact) mass is 227 g/mol. The highest BCUT2D eigenvalue weighted by Crippen LogP contribution is 2.26. The summed E-state index contributed by atoms with van der Waals surface area (Å²) in [6.45, 7) is 1.72. The van der Waals surface area contributed by atoms with Crippen molar-refractivity contribution in [3.63, 3.8) is 0 Å². The molecule has 1 aliphatic carbocycles. The van der Waals surface area contributed by atoms with Gasteiger partial charge >= 0.3 is 0 Å². The van der Waals surface area contributed by atoms with Gasteiger partial charge < -0.3 is 10.4 Å². The molecule has 0 heterocycles. The van der Waals surface area contributed by atoms with Gasteiger partial charge in [0.15, 0.2) is 11.6 Å². The Bertz CT molecular complexity index is 389. The molecule has 1 aromatic carbocycles. The third-order valence-corrected chi connectivity index (χ3v) is 2.84. The fourth-order valence-electron chi connectivity index (χ4n) is 1.65. The van der Waals surface area contributed by atoms with Crippen LogP contribution in [0.4, 0.5) is 8.78 Å². The van der Waals surface area contributed by atoms with Crippen LogP contribution in [0.25, 0.3) is 0 Å². The summed E-state index contributed by atoms with van der Waals surface area (Å²) in [7, 11) is 0. The summed E-state index contributed by atoms with van der Waals surface area (Å²) in [6, 6.07) is 4.28. The number of halogens is 2. The lowest BCUT2D eigenvalue weighted by Gasteiger charge is -2.24. The largest absolute Gasteiger partial charge is 0.384 e. The molecule has 0 radical (unpaired) electrons. The molecule has 0 aliphatic heterocycles. The fraction of sp³-hybridized carbons (Fsp3) is 0.500. The van der Waals surface area contributed by atoms with Crippen LogP contribution < -0.4 is 5.32 Å². The Morgan fingerprint density at radius 1 is 1.44 bits per heavy atom. The predicted molar refractivity (Wildman–Crippen MR) is 57.0 cm³/mol. The normalized spacial score (nSPS) is 19.5. The van der Waals surface area contributed by atoms with Crippen molar-refractivity contribution in [3.8, 4) is 0 Å². The summed E-state index contributed by atoms with van der Waals surface area (Å²) in [5.74, 6) is -1.89. The number of nitrogens with one attached hydrogen (secondary N) is 1. The molecule has 1 aliphatic rings. The van der Waals surface area contributed by atoms with Gasteiger partial charge in [-0.1, -0.05) is 12.1 Å². The number of aliphatic hydroxyl groups is 1. The van der Waals surface area contributed by atoms with E-state index in [0.29, 0.717) is 6.04 Å². The number of benzene rings is 1. The molecule has 1 fully saturated rings. The van der Waals surface area contributed by atoms with Crippen molar-refractivity contribution in [2.45, 2.75) is 31.4 Å². The summed E-state index contributed by atoms with van der Waals surface area (Å²) in [5.41, 5.74) is -1.38. The Morgan fingerprint density at radius 2 is 2.12 bits per heavy atom. The van der Waals surface area contributed by atoms with E-state index in [1.54, 1.807) is 0 Å². The molecule has 2 nitrogen and oxygen atoms in total. The van der Waals surface area contributed by atoms with Crippen LogP contribution in [0.5, 0.6) is 0 Å². The first-order chi connectivity index (χ1) is 7.50. The lowest BCUT2D eigenvalue weighted by molar-refractivity contribution is 0.0521. The van der Waals surface area contributed by atoms with Crippen molar-refractivity contribution in [3.05, 3.63) is 35.4 Å². The maximum Gasteiger partial charge on any atom is 0.164 e. The van der Waals surface area contributed by atoms with Gasteiger partial charge in [-0.3, -0.25) is 0 Å². The van der Waals surface area contributed by atoms with E-state index in [9.17, 15) is 13.9 Å². The molecule has 0 amide bonds. The van der Waals surface area contributed by atoms with Crippen LogP contribution in [0.2, 0.25) is 0 Å². The Balaban J connectivity index is 2.16. The number of hydrogen-bond acceptors (Lipinski definition) is 2. The van der Waals surface area contributed by atoms with E-state index in [-0.39, 0.29) is 12.1 Å². The first kappa shape index (κ1) is 11.5. The fourth-order valence-corrected chi connectivity index (χ4v) is 1.65. The standard InChI is InChI=1S/C12H15F2NO/c1-12(16,7-15-8-5-6-8)9-3-2-4-10(13)11(9)14/h2-4,8,15-16H,5-7H2,1H3. The highest BCUT2D eigenvalue weighted by Gasteiger charge is 2.30. The molecule has 16 heavy (non-hydrogen) atoms. The SMILES string of the molecule is CC(O)(CNC1CC1)c1cccc(F)c1F. The molecule has 1 atom stereocenters. The average molecular weight is 227 g/mol. The smallest absolute Gasteiger partial charge is 0.164 e. The summed E-state index contributed by atoms with van der Waals surface area (Å²) in [5, 5.41) is 13.2. The number of hydrogen-bond donors (Lipinski definition) is 2. The van der Waals surface area contributed by atoms with E-state index in [2.05, 4.69) is 5.32 Å². The molecule has 0 bridgehead atoms. The second-order valence-corrected chi connectivity index (χ2v) is 4.53. The van der Waals surface area contributed by atoms with E-state index in [1.165, 1.54) is 19.1 Å². The zero-order chi connectivity index (χ0) is 11.8. The Morgan fingerprint density at radius 3 is 2.75 bits per heavy atom. The van der Waals surface area contributed by atoms with Crippen molar-refractivity contribution >= 4 is 0 Å². The molecule has 0 spiro atoms. The van der Waals surface area contributed by atoms with E-state index in [1.807, 2.05) is 0 Å². The topological polar surface area (TPSA) is 32.3 Å². The molecular weight excluding hydrogens is 212 g/mol. The van der Waals surface area contributed by atoms with E-state index in [0.717, 1.165) is 18.9 Å². The molecule has 0 aromatic heterocycles. The lowest BCUT2D eigenvalue weighted by atomic mass is 9.95. The maximum atomic E-state index is 13.5. The van der Waals surface area contributed by atoms with Crippen LogP contribution in [-0.4, -0.2) is 17.7 Å². The molecule has 1 saturated carbocycles. The van der Waals surface area contributed by atoms with Crippen LogP contribution in [0.3, 0.4) is 0 Å². The van der Waals surface area contributed by atoms with Gasteiger partial charge in [0, 0.05) is 18.2 Å². The second-order valence-electron chi connectivity index (χ2n) is 4.53. The van der Waals surface area contributed by atoms with Crippen molar-refractivity contribution in [2.75, 3.05) is 6.54 Å². The minimum Gasteiger partial charge on any atom is -0.384 e. The zero-order valence-corrected chi connectivity index (χ0v) is 9.13. The molecule has 1 aromatic rings. The molecule has 2 rings (SSSR count). The molecule has 1 unspecified atom stereocenters. The van der Waals surface area contributed by atoms with Crippen LogP contribution in [-0.2, 0) is 5.60 Å². The minimum atomic E-state index is -1.38. The Kier molecular flexibility index (Phi) is 2.95. The summed E-state index contributed by atoms with van der Waals surface area (Å²) in [6.07, 6.45) is 2.17. The maximum absolute atomic E-state index is 13.5. The van der Waals surface area contributed by atoms with Gasteiger partial charge in [-0.25, -0.2) is 8.78 Å². The van der Waals surface area contributed by atoms with Gasteiger partial charge in [-0.2, -0.15) is 0 Å². The van der Waals surface area contributed by atoms with Crippen LogP contribution >= 0.6 is 0 Å². The first-order valence-electron chi connectivity index (χ1n) is 5.41. The summed E-state index contributed by atoms with van der Waals surface area (Å²) < 4.78 is 26.5. The van der Waals surface area contributed by atoms with Crippen LogP contribution in [0, 0.1) is 11.6 Å². The highest BCUT2D eigenvalue weighted by atomic mass is 19.2. The Labute approximate surface area is 93.3 Å². The van der Waals surface area contributed by atoms with Gasteiger partial charge in [0.1, 0.15) is 5.60 Å². The van der Waals surface area contributed by atoms with Gasteiger partial charge in [-0.15, -0.1) is 0 Å². The first-order valence-corrected chi connectivity index (χ1v) is 5.41.